The largest absolute Gasteiger partial charge is 0.354 e. The average molecular weight is 351 g/mol. The normalized spacial score (nSPS) is 19.2. The summed E-state index contributed by atoms with van der Waals surface area (Å²) in [6.45, 7) is 5.38. The molecule has 2 aromatic rings. The maximum atomic E-state index is 12.7. The van der Waals surface area contributed by atoms with Crippen molar-refractivity contribution in [1.29, 1.82) is 0 Å². The van der Waals surface area contributed by atoms with Crippen molar-refractivity contribution in [3.63, 3.8) is 0 Å². The van der Waals surface area contributed by atoms with Crippen LogP contribution in [0.1, 0.15) is 18.4 Å². The van der Waals surface area contributed by atoms with Crippen molar-refractivity contribution < 1.29 is 4.79 Å². The third-order valence-corrected chi connectivity index (χ3v) is 5.43. The summed E-state index contributed by atoms with van der Waals surface area (Å²) in [5, 5.41) is 3.16. The smallest absolute Gasteiger partial charge is 0.230 e. The maximum Gasteiger partial charge on any atom is 0.230 e. The van der Waals surface area contributed by atoms with Crippen LogP contribution in [0.5, 0.6) is 0 Å². The van der Waals surface area contributed by atoms with Gasteiger partial charge >= 0.3 is 0 Å². The van der Waals surface area contributed by atoms with Crippen LogP contribution in [0.25, 0.3) is 0 Å². The minimum absolute atomic E-state index is 0.181. The van der Waals surface area contributed by atoms with Crippen molar-refractivity contribution in [3.05, 3.63) is 54.4 Å². The zero-order chi connectivity index (χ0) is 17.8. The van der Waals surface area contributed by atoms with Crippen LogP contribution in [0.2, 0.25) is 0 Å². The van der Waals surface area contributed by atoms with Gasteiger partial charge in [-0.2, -0.15) is 0 Å². The Balaban J connectivity index is 1.22. The first-order valence-electron chi connectivity index (χ1n) is 9.36. The van der Waals surface area contributed by atoms with Gasteiger partial charge in [0.1, 0.15) is 0 Å². The van der Waals surface area contributed by atoms with Gasteiger partial charge in [-0.25, -0.2) is 9.97 Å². The molecule has 26 heavy (non-hydrogen) atoms. The van der Waals surface area contributed by atoms with Crippen molar-refractivity contribution in [2.24, 2.45) is 0 Å². The van der Waals surface area contributed by atoms with E-state index in [9.17, 15) is 4.79 Å². The van der Waals surface area contributed by atoms with Gasteiger partial charge in [-0.3, -0.25) is 9.69 Å². The second-order valence-corrected chi connectivity index (χ2v) is 7.08. The quantitative estimate of drug-likeness (QED) is 0.853. The Kier molecular flexibility index (Phi) is 4.84. The van der Waals surface area contributed by atoms with E-state index in [0.717, 1.165) is 57.1 Å². The molecule has 2 aliphatic rings. The minimum Gasteiger partial charge on any atom is -0.354 e. The maximum absolute atomic E-state index is 12.7. The molecule has 1 N–H and O–H groups in total. The Bertz CT molecular complexity index is 724. The second-order valence-electron chi connectivity index (χ2n) is 7.08. The lowest BCUT2D eigenvalue weighted by Crippen LogP contribution is -2.49. The van der Waals surface area contributed by atoms with Gasteiger partial charge in [0.15, 0.2) is 0 Å². The van der Waals surface area contributed by atoms with Crippen LogP contribution in [-0.4, -0.2) is 60.0 Å². The number of anilines is 1. The average Bonchev–Trinajstić information content (AvgIpc) is 3.52. The molecule has 0 unspecified atom stereocenters. The topological polar surface area (TPSA) is 61.4 Å². The second kappa shape index (κ2) is 7.41. The van der Waals surface area contributed by atoms with E-state index in [4.69, 9.17) is 0 Å². The SMILES string of the molecule is O=C(NCCN1CCN(c2ncccn2)CC1)C1(c2ccccc2)CC1. The van der Waals surface area contributed by atoms with Crippen molar-refractivity contribution in [3.8, 4) is 0 Å². The predicted molar refractivity (Wildman–Crippen MR) is 101 cm³/mol. The summed E-state index contributed by atoms with van der Waals surface area (Å²) in [6.07, 6.45) is 5.48. The molecule has 1 aromatic heterocycles. The summed E-state index contributed by atoms with van der Waals surface area (Å²) in [7, 11) is 0. The molecule has 6 nitrogen and oxygen atoms in total. The first-order valence-corrected chi connectivity index (χ1v) is 9.36. The van der Waals surface area contributed by atoms with E-state index in [0.29, 0.717) is 6.54 Å². The van der Waals surface area contributed by atoms with E-state index >= 15 is 0 Å². The first kappa shape index (κ1) is 17.0. The lowest BCUT2D eigenvalue weighted by atomic mass is 9.95. The number of hydrogen-bond acceptors (Lipinski definition) is 5. The Morgan fingerprint density at radius 2 is 1.69 bits per heavy atom. The molecular formula is C20H25N5O. The lowest BCUT2D eigenvalue weighted by Gasteiger charge is -2.34. The van der Waals surface area contributed by atoms with E-state index in [1.54, 1.807) is 12.4 Å². The van der Waals surface area contributed by atoms with Crippen LogP contribution >= 0.6 is 0 Å². The Morgan fingerprint density at radius 3 is 2.35 bits per heavy atom. The fraction of sp³-hybridized carbons (Fsp3) is 0.450. The summed E-state index contributed by atoms with van der Waals surface area (Å²) >= 11 is 0. The Morgan fingerprint density at radius 1 is 1.00 bits per heavy atom. The molecule has 0 bridgehead atoms. The number of carbonyl (C=O) groups excluding carboxylic acids is 1. The van der Waals surface area contributed by atoms with Gasteiger partial charge in [-0.1, -0.05) is 30.3 Å². The highest BCUT2D eigenvalue weighted by Gasteiger charge is 2.50. The van der Waals surface area contributed by atoms with Crippen LogP contribution in [0.3, 0.4) is 0 Å². The molecule has 2 heterocycles. The summed E-state index contributed by atoms with van der Waals surface area (Å²) in [4.78, 5) is 25.9. The van der Waals surface area contributed by atoms with Gasteiger partial charge in [0.25, 0.3) is 0 Å². The van der Waals surface area contributed by atoms with E-state index in [1.807, 2.05) is 24.3 Å². The molecule has 2 fully saturated rings. The number of amides is 1. The number of hydrogen-bond donors (Lipinski definition) is 1. The number of nitrogens with one attached hydrogen (secondary N) is 1. The first-order chi connectivity index (χ1) is 12.8. The van der Waals surface area contributed by atoms with Gasteiger partial charge in [0.05, 0.1) is 5.41 Å². The van der Waals surface area contributed by atoms with Crippen molar-refractivity contribution in [2.75, 3.05) is 44.2 Å². The molecule has 1 amide bonds. The molecule has 1 aliphatic carbocycles. The molecule has 0 radical (unpaired) electrons. The Labute approximate surface area is 154 Å². The van der Waals surface area contributed by atoms with E-state index < -0.39 is 0 Å². The fourth-order valence-electron chi connectivity index (χ4n) is 3.65. The van der Waals surface area contributed by atoms with E-state index in [-0.39, 0.29) is 11.3 Å². The molecule has 1 saturated heterocycles. The highest BCUT2D eigenvalue weighted by molar-refractivity contribution is 5.91. The van der Waals surface area contributed by atoms with Gasteiger partial charge < -0.3 is 10.2 Å². The molecule has 0 spiro atoms. The summed E-state index contributed by atoms with van der Waals surface area (Å²) in [6, 6.07) is 12.0. The number of piperazine rings is 1. The molecule has 4 rings (SSSR count). The zero-order valence-corrected chi connectivity index (χ0v) is 15.0. The van der Waals surface area contributed by atoms with Crippen molar-refractivity contribution in [2.45, 2.75) is 18.3 Å². The molecule has 1 saturated carbocycles. The van der Waals surface area contributed by atoms with Crippen LogP contribution in [0, 0.1) is 0 Å². The summed E-state index contributed by atoms with van der Waals surface area (Å²) in [5.41, 5.74) is 0.874. The van der Waals surface area contributed by atoms with Crippen LogP contribution in [0.15, 0.2) is 48.8 Å². The van der Waals surface area contributed by atoms with Crippen LogP contribution in [-0.2, 0) is 10.2 Å². The van der Waals surface area contributed by atoms with Gasteiger partial charge in [-0.05, 0) is 24.5 Å². The third-order valence-electron chi connectivity index (χ3n) is 5.43. The van der Waals surface area contributed by atoms with Crippen LogP contribution < -0.4 is 10.2 Å². The van der Waals surface area contributed by atoms with E-state index in [2.05, 4.69) is 37.2 Å². The van der Waals surface area contributed by atoms with Gasteiger partial charge in [0.2, 0.25) is 11.9 Å². The number of nitrogens with zero attached hydrogens (tertiary/aromatic N) is 4. The Hall–Kier alpha value is -2.47. The van der Waals surface area contributed by atoms with Crippen molar-refractivity contribution in [1.82, 2.24) is 20.2 Å². The number of aromatic nitrogens is 2. The summed E-state index contributed by atoms with van der Waals surface area (Å²) in [5.74, 6) is 0.985. The monoisotopic (exact) mass is 351 g/mol. The molecular weight excluding hydrogens is 326 g/mol. The number of rotatable bonds is 6. The van der Waals surface area contributed by atoms with Gasteiger partial charge in [0, 0.05) is 51.7 Å². The number of benzene rings is 1. The minimum atomic E-state index is -0.273. The predicted octanol–water partition coefficient (Wildman–Crippen LogP) is 1.45. The molecule has 1 aliphatic heterocycles. The third kappa shape index (κ3) is 3.55. The highest BCUT2D eigenvalue weighted by atomic mass is 16.2. The van der Waals surface area contributed by atoms with Gasteiger partial charge in [-0.15, -0.1) is 0 Å². The highest BCUT2D eigenvalue weighted by Crippen LogP contribution is 2.48. The standard InChI is InChI=1S/C20H25N5O/c26-18(20(7-8-20)17-5-2-1-3-6-17)21-11-12-24-13-15-25(16-14-24)19-22-9-4-10-23-19/h1-6,9-10H,7-8,11-16H2,(H,21,26). The summed E-state index contributed by atoms with van der Waals surface area (Å²) < 4.78 is 0. The zero-order valence-electron chi connectivity index (χ0n) is 15.0. The fourth-order valence-corrected chi connectivity index (χ4v) is 3.65. The van der Waals surface area contributed by atoms with E-state index in [1.165, 1.54) is 0 Å². The number of carbonyl (C=O) groups is 1. The lowest BCUT2D eigenvalue weighted by molar-refractivity contribution is -0.123. The van der Waals surface area contributed by atoms with Crippen molar-refractivity contribution >= 4 is 11.9 Å². The molecule has 1 aromatic carbocycles. The molecule has 6 heteroatoms. The van der Waals surface area contributed by atoms with Crippen LogP contribution in [0.4, 0.5) is 5.95 Å². The molecule has 0 atom stereocenters. The molecule has 136 valence electrons.